The Kier molecular flexibility index (Phi) is 4.93. The fourth-order valence-electron chi connectivity index (χ4n) is 5.46. The number of allylic oxidation sites excluding steroid dienone is 2. The van der Waals surface area contributed by atoms with Crippen molar-refractivity contribution in [3.63, 3.8) is 0 Å². The fourth-order valence-corrected chi connectivity index (χ4v) is 5.46. The first-order chi connectivity index (χ1) is 17.3. The number of aromatic nitrogens is 4. The van der Waals surface area contributed by atoms with E-state index in [1.165, 1.54) is 0 Å². The maximum atomic E-state index is 13.6. The lowest BCUT2D eigenvalue weighted by atomic mass is 9.67. The van der Waals surface area contributed by atoms with Gasteiger partial charge >= 0.3 is 5.69 Å². The van der Waals surface area contributed by atoms with E-state index in [1.807, 2.05) is 86.8 Å². The quantitative estimate of drug-likeness (QED) is 0.412. The summed E-state index contributed by atoms with van der Waals surface area (Å²) in [6.45, 7) is 4.01. The molecule has 0 saturated heterocycles. The monoisotopic (exact) mass is 479 g/mol. The molecule has 3 heterocycles. The number of H-pyrrole nitrogens is 2. The summed E-state index contributed by atoms with van der Waals surface area (Å²) in [4.78, 5) is 44.2. The van der Waals surface area contributed by atoms with Crippen LogP contribution < -0.4 is 16.6 Å². The lowest BCUT2D eigenvalue weighted by Gasteiger charge is -2.40. The Balaban J connectivity index is 1.66. The number of rotatable bonds is 3. The molecular weight excluding hydrogens is 454 g/mol. The van der Waals surface area contributed by atoms with Crippen LogP contribution in [-0.4, -0.2) is 25.5 Å². The van der Waals surface area contributed by atoms with Gasteiger partial charge in [-0.15, -0.1) is 0 Å². The predicted molar refractivity (Wildman–Crippen MR) is 137 cm³/mol. The minimum atomic E-state index is -0.635. The molecule has 4 aromatic rings. The number of carbonyl (C=O) groups is 1. The maximum absolute atomic E-state index is 13.6. The molecule has 3 N–H and O–H groups in total. The number of Topliss-reactive ketones (excluding diaryl/α,β-unsaturated/α-hetero) is 1. The normalized spacial score (nSPS) is 20.2. The maximum Gasteiger partial charge on any atom is 0.327 e. The Morgan fingerprint density at radius 2 is 1.61 bits per heavy atom. The molecule has 1 aliphatic carbocycles. The molecule has 0 radical (unpaired) electrons. The van der Waals surface area contributed by atoms with Crippen molar-refractivity contribution < 1.29 is 4.79 Å². The Labute approximate surface area is 206 Å². The van der Waals surface area contributed by atoms with Gasteiger partial charge in [0.1, 0.15) is 11.6 Å². The molecule has 0 saturated carbocycles. The van der Waals surface area contributed by atoms with Gasteiger partial charge in [-0.05, 0) is 17.5 Å². The lowest BCUT2D eigenvalue weighted by Crippen LogP contribution is -2.43. The van der Waals surface area contributed by atoms with Crippen LogP contribution in [0.4, 0.5) is 5.82 Å². The van der Waals surface area contributed by atoms with E-state index >= 15 is 0 Å². The number of hydrogen-bond donors (Lipinski definition) is 3. The zero-order valence-corrected chi connectivity index (χ0v) is 19.9. The van der Waals surface area contributed by atoms with E-state index < -0.39 is 23.1 Å². The van der Waals surface area contributed by atoms with Crippen LogP contribution in [0.2, 0.25) is 0 Å². The average molecular weight is 480 g/mol. The van der Waals surface area contributed by atoms with Gasteiger partial charge in [0.2, 0.25) is 0 Å². The molecule has 0 unspecified atom stereocenters. The van der Waals surface area contributed by atoms with E-state index in [0.29, 0.717) is 29.2 Å². The SMILES string of the molecule is CC1(C)C=C2Nc3[nH]c(=O)[nH]c(=O)c3[C@@H](c3cn(-c4ccccc4)nc3-c3ccccc3)[C@@H]2C(=O)C1. The summed E-state index contributed by atoms with van der Waals surface area (Å²) in [6, 6.07) is 19.4. The lowest BCUT2D eigenvalue weighted by molar-refractivity contribution is -0.124. The van der Waals surface area contributed by atoms with Crippen LogP contribution in [0.1, 0.15) is 37.3 Å². The van der Waals surface area contributed by atoms with E-state index in [1.54, 1.807) is 4.68 Å². The summed E-state index contributed by atoms with van der Waals surface area (Å²) in [7, 11) is 0. The number of fused-ring (bicyclic) bond motifs is 2. The summed E-state index contributed by atoms with van der Waals surface area (Å²) in [5.41, 5.74) is 2.71. The molecular formula is C28H25N5O3. The predicted octanol–water partition coefficient (Wildman–Crippen LogP) is 3.97. The second-order valence-corrected chi connectivity index (χ2v) is 10.1. The van der Waals surface area contributed by atoms with Gasteiger partial charge in [0.15, 0.2) is 0 Å². The summed E-state index contributed by atoms with van der Waals surface area (Å²) >= 11 is 0. The molecule has 8 nitrogen and oxygen atoms in total. The average Bonchev–Trinajstić information content (AvgIpc) is 3.28. The molecule has 0 amide bonds. The van der Waals surface area contributed by atoms with Crippen LogP contribution >= 0.6 is 0 Å². The van der Waals surface area contributed by atoms with E-state index in [9.17, 15) is 14.4 Å². The summed E-state index contributed by atoms with van der Waals surface area (Å²) in [6.07, 6.45) is 4.29. The second kappa shape index (κ2) is 8.05. The minimum absolute atomic E-state index is 0.0396. The molecule has 2 atom stereocenters. The summed E-state index contributed by atoms with van der Waals surface area (Å²) < 4.78 is 1.78. The number of nitrogens with one attached hydrogen (secondary N) is 3. The van der Waals surface area contributed by atoms with Crippen molar-refractivity contribution in [3.05, 3.63) is 111 Å². The first-order valence-electron chi connectivity index (χ1n) is 11.9. The summed E-state index contributed by atoms with van der Waals surface area (Å²) in [5.74, 6) is -0.885. The zero-order valence-electron chi connectivity index (χ0n) is 19.9. The van der Waals surface area contributed by atoms with Crippen molar-refractivity contribution in [1.82, 2.24) is 19.7 Å². The highest BCUT2D eigenvalue weighted by molar-refractivity contribution is 5.90. The number of anilines is 1. The van der Waals surface area contributed by atoms with Crippen LogP contribution in [0.25, 0.3) is 16.9 Å². The zero-order chi connectivity index (χ0) is 25.0. The van der Waals surface area contributed by atoms with Crippen molar-refractivity contribution in [1.29, 1.82) is 0 Å². The third kappa shape index (κ3) is 3.62. The third-order valence-corrected chi connectivity index (χ3v) is 6.90. The van der Waals surface area contributed by atoms with Gasteiger partial charge in [0.25, 0.3) is 5.56 Å². The molecule has 36 heavy (non-hydrogen) atoms. The number of ketones is 1. The van der Waals surface area contributed by atoms with Crippen molar-refractivity contribution in [2.45, 2.75) is 26.2 Å². The number of aromatic amines is 2. The fraction of sp³-hybridized carbons (Fsp3) is 0.214. The number of hydrogen-bond acceptors (Lipinski definition) is 5. The highest BCUT2D eigenvalue weighted by Crippen LogP contribution is 2.49. The molecule has 2 aliphatic rings. The van der Waals surface area contributed by atoms with Gasteiger partial charge in [0, 0.05) is 35.4 Å². The largest absolute Gasteiger partial charge is 0.344 e. The van der Waals surface area contributed by atoms with Crippen LogP contribution in [0.5, 0.6) is 0 Å². The first kappa shape index (κ1) is 22.0. The minimum Gasteiger partial charge on any atom is -0.344 e. The number of carbonyl (C=O) groups excluding carboxylic acids is 1. The van der Waals surface area contributed by atoms with E-state index in [0.717, 1.165) is 16.8 Å². The van der Waals surface area contributed by atoms with Crippen molar-refractivity contribution in [2.24, 2.45) is 11.3 Å². The molecule has 6 rings (SSSR count). The van der Waals surface area contributed by atoms with Crippen molar-refractivity contribution in [3.8, 4) is 16.9 Å². The second-order valence-electron chi connectivity index (χ2n) is 10.1. The van der Waals surface area contributed by atoms with Crippen molar-refractivity contribution >= 4 is 11.6 Å². The van der Waals surface area contributed by atoms with Gasteiger partial charge < -0.3 is 5.32 Å². The molecule has 0 fully saturated rings. The van der Waals surface area contributed by atoms with E-state index in [-0.39, 0.29) is 11.2 Å². The van der Waals surface area contributed by atoms with Gasteiger partial charge in [-0.3, -0.25) is 19.6 Å². The smallest absolute Gasteiger partial charge is 0.327 e. The summed E-state index contributed by atoms with van der Waals surface area (Å²) in [5, 5.41) is 8.12. The topological polar surface area (TPSA) is 113 Å². The number of benzene rings is 2. The van der Waals surface area contributed by atoms with Gasteiger partial charge in [-0.1, -0.05) is 68.5 Å². The number of nitrogens with zero attached hydrogens (tertiary/aromatic N) is 2. The van der Waals surface area contributed by atoms with Crippen LogP contribution in [-0.2, 0) is 4.79 Å². The Bertz CT molecular complexity index is 1630. The first-order valence-corrected chi connectivity index (χ1v) is 11.9. The van der Waals surface area contributed by atoms with Crippen LogP contribution in [0, 0.1) is 11.3 Å². The molecule has 8 heteroatoms. The highest BCUT2D eigenvalue weighted by atomic mass is 16.2. The molecule has 180 valence electrons. The standard InChI is InChI=1S/C28H25N5O3/c1-28(2)13-19-22(20(34)14-28)21(23-25(29-19)30-27(36)31-26(23)35)18-15-33(17-11-7-4-8-12-17)32-24(18)16-9-5-3-6-10-16/h3-13,15,21-22H,14H2,1-2H3,(H3,29,30,31,35,36)/t21-,22-/m0/s1. The van der Waals surface area contributed by atoms with Gasteiger partial charge in [0.05, 0.1) is 22.9 Å². The molecule has 0 bridgehead atoms. The Morgan fingerprint density at radius 3 is 2.33 bits per heavy atom. The molecule has 2 aromatic heterocycles. The number of para-hydroxylation sites is 1. The van der Waals surface area contributed by atoms with Crippen LogP contribution in [0.3, 0.4) is 0 Å². The van der Waals surface area contributed by atoms with E-state index in [4.69, 9.17) is 5.10 Å². The third-order valence-electron chi connectivity index (χ3n) is 6.90. The van der Waals surface area contributed by atoms with E-state index in [2.05, 4.69) is 15.3 Å². The van der Waals surface area contributed by atoms with Crippen LogP contribution in [0.15, 0.2) is 88.2 Å². The molecule has 0 spiro atoms. The highest BCUT2D eigenvalue weighted by Gasteiger charge is 2.46. The van der Waals surface area contributed by atoms with Crippen molar-refractivity contribution in [2.75, 3.05) is 5.32 Å². The van der Waals surface area contributed by atoms with Gasteiger partial charge in [-0.25, -0.2) is 9.48 Å². The molecule has 2 aromatic carbocycles. The molecule has 1 aliphatic heterocycles. The van der Waals surface area contributed by atoms with Gasteiger partial charge in [-0.2, -0.15) is 5.10 Å². The Morgan fingerprint density at radius 1 is 0.917 bits per heavy atom. The Hall–Kier alpha value is -4.46.